The molecule has 0 bridgehead atoms. The van der Waals surface area contributed by atoms with Crippen LogP contribution in [-0.4, -0.2) is 32.8 Å². The lowest BCUT2D eigenvalue weighted by atomic mass is 10.2. The maximum absolute atomic E-state index is 12.5. The second-order valence-electron chi connectivity index (χ2n) is 6.53. The highest BCUT2D eigenvalue weighted by Gasteiger charge is 2.20. The van der Waals surface area contributed by atoms with Crippen molar-refractivity contribution >= 4 is 22.8 Å². The van der Waals surface area contributed by atoms with Gasteiger partial charge in [-0.3, -0.25) is 14.3 Å². The minimum absolute atomic E-state index is 0.223. The summed E-state index contributed by atoms with van der Waals surface area (Å²) in [7, 11) is 1.59. The van der Waals surface area contributed by atoms with E-state index in [1.807, 2.05) is 26.0 Å². The minimum atomic E-state index is -0.457. The minimum Gasteiger partial charge on any atom is -0.383 e. The van der Waals surface area contributed by atoms with E-state index in [-0.39, 0.29) is 5.92 Å². The second kappa shape index (κ2) is 7.47. The summed E-state index contributed by atoms with van der Waals surface area (Å²) in [6, 6.07) is 7.25. The third kappa shape index (κ3) is 3.45. The third-order valence-electron chi connectivity index (χ3n) is 4.04. The summed E-state index contributed by atoms with van der Waals surface area (Å²) in [6.07, 6.45) is 0. The van der Waals surface area contributed by atoms with Crippen molar-refractivity contribution in [1.29, 1.82) is 0 Å². The molecule has 0 amide bonds. The molecule has 0 aliphatic rings. The molecule has 0 unspecified atom stereocenters. The predicted octanol–water partition coefficient (Wildman–Crippen LogP) is 2.51. The van der Waals surface area contributed by atoms with E-state index in [4.69, 9.17) is 16.3 Å². The van der Waals surface area contributed by atoms with Gasteiger partial charge in [-0.1, -0.05) is 37.6 Å². The Balaban J connectivity index is 2.35. The zero-order valence-corrected chi connectivity index (χ0v) is 15.7. The van der Waals surface area contributed by atoms with E-state index in [0.29, 0.717) is 41.7 Å². The van der Waals surface area contributed by atoms with Crippen molar-refractivity contribution in [2.45, 2.75) is 26.9 Å². The Morgan fingerprint density at radius 1 is 1.27 bits per heavy atom. The number of methoxy groups -OCH3 is 1. The van der Waals surface area contributed by atoms with Gasteiger partial charge in [0.1, 0.15) is 5.82 Å². The Bertz CT molecular complexity index is 1050. The zero-order valence-electron chi connectivity index (χ0n) is 15.0. The van der Waals surface area contributed by atoms with Crippen molar-refractivity contribution < 1.29 is 4.74 Å². The number of ether oxygens (including phenoxy) is 1. The molecule has 138 valence electrons. The van der Waals surface area contributed by atoms with Gasteiger partial charge in [-0.15, -0.1) is 0 Å². The van der Waals surface area contributed by atoms with Crippen molar-refractivity contribution in [3.8, 4) is 11.4 Å². The summed E-state index contributed by atoms with van der Waals surface area (Å²) in [5, 5.41) is 0.571. The van der Waals surface area contributed by atoms with E-state index < -0.39 is 11.2 Å². The molecule has 1 N–H and O–H groups in total. The molecule has 8 heteroatoms. The Labute approximate surface area is 155 Å². The molecule has 0 saturated carbocycles. The molecule has 0 saturated heterocycles. The molecule has 0 aliphatic heterocycles. The third-order valence-corrected chi connectivity index (χ3v) is 4.27. The highest BCUT2D eigenvalue weighted by Crippen LogP contribution is 2.25. The van der Waals surface area contributed by atoms with Gasteiger partial charge in [0.15, 0.2) is 11.2 Å². The summed E-state index contributed by atoms with van der Waals surface area (Å²) < 4.78 is 8.47. The number of aromatic amines is 1. The second-order valence-corrected chi connectivity index (χ2v) is 6.96. The lowest BCUT2D eigenvalue weighted by Gasteiger charge is -2.10. The summed E-state index contributed by atoms with van der Waals surface area (Å²) in [6.45, 7) is 5.30. The van der Waals surface area contributed by atoms with E-state index >= 15 is 0 Å². The van der Waals surface area contributed by atoms with Crippen molar-refractivity contribution in [3.05, 3.63) is 50.1 Å². The monoisotopic (exact) mass is 376 g/mol. The van der Waals surface area contributed by atoms with Crippen LogP contribution < -0.4 is 11.2 Å². The van der Waals surface area contributed by atoms with Gasteiger partial charge < -0.3 is 9.30 Å². The van der Waals surface area contributed by atoms with E-state index in [1.54, 1.807) is 23.8 Å². The zero-order chi connectivity index (χ0) is 18.8. The number of aromatic nitrogens is 4. The van der Waals surface area contributed by atoms with Crippen LogP contribution in [0.5, 0.6) is 0 Å². The molecule has 0 spiro atoms. The van der Waals surface area contributed by atoms with Gasteiger partial charge in [-0.2, -0.15) is 0 Å². The largest absolute Gasteiger partial charge is 0.383 e. The number of hydrogen-bond acceptors (Lipinski definition) is 4. The van der Waals surface area contributed by atoms with E-state index in [2.05, 4.69) is 9.97 Å². The first-order valence-corrected chi connectivity index (χ1v) is 8.78. The number of rotatable bonds is 6. The number of H-pyrrole nitrogens is 1. The summed E-state index contributed by atoms with van der Waals surface area (Å²) >= 11 is 6.12. The smallest absolute Gasteiger partial charge is 0.330 e. The van der Waals surface area contributed by atoms with E-state index in [9.17, 15) is 9.59 Å². The molecule has 1 aromatic carbocycles. The lowest BCUT2D eigenvalue weighted by Crippen LogP contribution is -2.32. The van der Waals surface area contributed by atoms with Crippen LogP contribution in [0.25, 0.3) is 22.6 Å². The molecule has 3 rings (SSSR count). The molecule has 0 radical (unpaired) electrons. The van der Waals surface area contributed by atoms with Crippen LogP contribution in [0.15, 0.2) is 33.9 Å². The highest BCUT2D eigenvalue weighted by atomic mass is 35.5. The van der Waals surface area contributed by atoms with Crippen LogP contribution in [0.1, 0.15) is 13.8 Å². The van der Waals surface area contributed by atoms with Crippen LogP contribution in [-0.2, 0) is 17.8 Å². The molecule has 26 heavy (non-hydrogen) atoms. The summed E-state index contributed by atoms with van der Waals surface area (Å²) in [4.78, 5) is 31.9. The molecule has 0 fully saturated rings. The SMILES string of the molecule is COCCn1c(-c2cccc(Cl)c2)nc2c1c(=O)[nH]c(=O)n2CC(C)C. The van der Waals surface area contributed by atoms with Gasteiger partial charge in [0.2, 0.25) is 0 Å². The van der Waals surface area contributed by atoms with Crippen LogP contribution in [0, 0.1) is 5.92 Å². The van der Waals surface area contributed by atoms with E-state index in [1.165, 1.54) is 4.57 Å². The molecule has 2 aromatic heterocycles. The maximum Gasteiger partial charge on any atom is 0.330 e. The topological polar surface area (TPSA) is 81.9 Å². The molecule has 0 atom stereocenters. The molecule has 0 aliphatic carbocycles. The van der Waals surface area contributed by atoms with Gasteiger partial charge in [0.25, 0.3) is 5.56 Å². The molecular weight excluding hydrogens is 356 g/mol. The Hall–Kier alpha value is -2.38. The van der Waals surface area contributed by atoms with Crippen molar-refractivity contribution in [2.24, 2.45) is 5.92 Å². The first kappa shape index (κ1) is 18.4. The molecular formula is C18H21ClN4O3. The standard InChI is InChI=1S/C18H21ClN4O3/c1-11(2)10-23-16-14(17(24)21-18(23)25)22(7-8-26-3)15(20-16)12-5-4-6-13(19)9-12/h4-6,9,11H,7-8,10H2,1-3H3,(H,21,24,25). The summed E-state index contributed by atoms with van der Waals surface area (Å²) in [5.41, 5.74) is 0.593. The maximum atomic E-state index is 12.5. The van der Waals surface area contributed by atoms with Crippen LogP contribution in [0.3, 0.4) is 0 Å². The Kier molecular flexibility index (Phi) is 5.29. The van der Waals surface area contributed by atoms with Gasteiger partial charge in [0.05, 0.1) is 6.61 Å². The lowest BCUT2D eigenvalue weighted by molar-refractivity contribution is 0.188. The van der Waals surface area contributed by atoms with Crippen molar-refractivity contribution in [2.75, 3.05) is 13.7 Å². The fourth-order valence-corrected chi connectivity index (χ4v) is 3.15. The number of hydrogen-bond donors (Lipinski definition) is 1. The van der Waals surface area contributed by atoms with E-state index in [0.717, 1.165) is 5.56 Å². The first-order chi connectivity index (χ1) is 12.4. The van der Waals surface area contributed by atoms with Gasteiger partial charge in [-0.25, -0.2) is 9.78 Å². The first-order valence-electron chi connectivity index (χ1n) is 8.40. The fourth-order valence-electron chi connectivity index (χ4n) is 2.96. The molecule has 3 aromatic rings. The predicted molar refractivity (Wildman–Crippen MR) is 102 cm³/mol. The van der Waals surface area contributed by atoms with Crippen molar-refractivity contribution in [1.82, 2.24) is 19.1 Å². The van der Waals surface area contributed by atoms with Gasteiger partial charge >= 0.3 is 5.69 Å². The number of fused-ring (bicyclic) bond motifs is 1. The van der Waals surface area contributed by atoms with Gasteiger partial charge in [0, 0.05) is 30.8 Å². The fraction of sp³-hybridized carbons (Fsp3) is 0.389. The molecule has 2 heterocycles. The van der Waals surface area contributed by atoms with Crippen molar-refractivity contribution in [3.63, 3.8) is 0 Å². The number of benzene rings is 1. The number of halogens is 1. The summed E-state index contributed by atoms with van der Waals surface area (Å²) in [5.74, 6) is 0.800. The van der Waals surface area contributed by atoms with Crippen LogP contribution in [0.2, 0.25) is 5.02 Å². The van der Waals surface area contributed by atoms with Gasteiger partial charge in [-0.05, 0) is 18.1 Å². The Morgan fingerprint density at radius 3 is 2.69 bits per heavy atom. The van der Waals surface area contributed by atoms with Crippen LogP contribution in [0.4, 0.5) is 0 Å². The number of nitrogens with one attached hydrogen (secondary N) is 1. The normalized spacial score (nSPS) is 11.6. The Morgan fingerprint density at radius 2 is 2.04 bits per heavy atom. The average molecular weight is 377 g/mol. The number of imidazole rings is 1. The highest BCUT2D eigenvalue weighted by molar-refractivity contribution is 6.30. The molecule has 7 nitrogen and oxygen atoms in total. The van der Waals surface area contributed by atoms with Crippen LogP contribution >= 0.6 is 11.6 Å². The quantitative estimate of drug-likeness (QED) is 0.716. The number of nitrogens with zero attached hydrogens (tertiary/aromatic N) is 3. The average Bonchev–Trinajstić information content (AvgIpc) is 2.96.